The van der Waals surface area contributed by atoms with Crippen LogP contribution in [0.5, 0.6) is 0 Å². The number of aliphatic hydroxyl groups is 1. The molecule has 32 heavy (non-hydrogen) atoms. The van der Waals surface area contributed by atoms with E-state index in [9.17, 15) is 9.90 Å². The SMILES string of the molecule is CC(C)(C)C(=O)c1oc2nc(-c3ccc(Br)cc3Cl)c(-c3ccc(Cl)cc3)cc2c1CO. The summed E-state index contributed by atoms with van der Waals surface area (Å²) in [6.07, 6.45) is 0. The highest BCUT2D eigenvalue weighted by Gasteiger charge is 2.31. The molecule has 0 aliphatic heterocycles. The van der Waals surface area contributed by atoms with Gasteiger partial charge < -0.3 is 9.52 Å². The first kappa shape index (κ1) is 23.0. The van der Waals surface area contributed by atoms with E-state index in [1.807, 2.05) is 51.1 Å². The third kappa shape index (κ3) is 4.23. The van der Waals surface area contributed by atoms with Gasteiger partial charge >= 0.3 is 0 Å². The summed E-state index contributed by atoms with van der Waals surface area (Å²) in [7, 11) is 0. The first-order valence-electron chi connectivity index (χ1n) is 9.93. The average molecular weight is 533 g/mol. The molecule has 0 aliphatic carbocycles. The number of halogens is 3. The third-order valence-corrected chi connectivity index (χ3v) is 6.23. The van der Waals surface area contributed by atoms with Crippen molar-refractivity contribution in [2.24, 2.45) is 5.41 Å². The number of pyridine rings is 1. The van der Waals surface area contributed by atoms with Crippen LogP contribution in [0.1, 0.15) is 36.9 Å². The van der Waals surface area contributed by atoms with Gasteiger partial charge in [0, 0.05) is 37.0 Å². The summed E-state index contributed by atoms with van der Waals surface area (Å²) in [6, 6.07) is 14.8. The van der Waals surface area contributed by atoms with Crippen molar-refractivity contribution in [1.82, 2.24) is 4.98 Å². The molecular weight excluding hydrogens is 513 g/mol. The molecule has 0 atom stereocenters. The molecule has 164 valence electrons. The number of Topliss-reactive ketones (excluding diaryl/α,β-unsaturated/α-hetero) is 1. The highest BCUT2D eigenvalue weighted by atomic mass is 79.9. The van der Waals surface area contributed by atoms with E-state index in [0.29, 0.717) is 32.3 Å². The van der Waals surface area contributed by atoms with Crippen LogP contribution in [0.15, 0.2) is 57.4 Å². The summed E-state index contributed by atoms with van der Waals surface area (Å²) in [5.74, 6) is -0.0700. The minimum atomic E-state index is -0.672. The number of nitrogens with zero attached hydrogens (tertiary/aromatic N) is 1. The van der Waals surface area contributed by atoms with Gasteiger partial charge in [0.05, 0.1) is 17.3 Å². The molecule has 0 amide bonds. The van der Waals surface area contributed by atoms with E-state index < -0.39 is 5.41 Å². The molecule has 4 rings (SSSR count). The van der Waals surface area contributed by atoms with E-state index in [1.165, 1.54) is 0 Å². The van der Waals surface area contributed by atoms with Crippen molar-refractivity contribution in [3.05, 3.63) is 74.4 Å². The van der Waals surface area contributed by atoms with Gasteiger partial charge in [0.1, 0.15) is 0 Å². The molecule has 2 heterocycles. The summed E-state index contributed by atoms with van der Waals surface area (Å²) in [4.78, 5) is 17.7. The Kier molecular flexibility index (Phi) is 6.21. The second-order valence-corrected chi connectivity index (χ2v) is 10.3. The lowest BCUT2D eigenvalue weighted by Crippen LogP contribution is -2.20. The Balaban J connectivity index is 2.06. The van der Waals surface area contributed by atoms with Gasteiger partial charge in [-0.25, -0.2) is 4.98 Å². The van der Waals surface area contributed by atoms with Gasteiger partial charge in [0.15, 0.2) is 5.76 Å². The number of carbonyl (C=O) groups excluding carboxylic acids is 1. The fourth-order valence-electron chi connectivity index (χ4n) is 3.49. The second kappa shape index (κ2) is 8.64. The van der Waals surface area contributed by atoms with Crippen LogP contribution in [-0.2, 0) is 6.61 Å². The molecule has 1 N–H and O–H groups in total. The van der Waals surface area contributed by atoms with E-state index in [2.05, 4.69) is 15.9 Å². The van der Waals surface area contributed by atoms with Gasteiger partial charge in [-0.15, -0.1) is 0 Å². The molecule has 0 fully saturated rings. The maximum absolute atomic E-state index is 13.0. The molecule has 0 radical (unpaired) electrons. The lowest BCUT2D eigenvalue weighted by Gasteiger charge is -2.15. The maximum atomic E-state index is 13.0. The van der Waals surface area contributed by atoms with Crippen LogP contribution in [0.25, 0.3) is 33.5 Å². The maximum Gasteiger partial charge on any atom is 0.227 e. The molecule has 2 aromatic heterocycles. The van der Waals surface area contributed by atoms with Gasteiger partial charge in [-0.1, -0.05) is 78.1 Å². The summed E-state index contributed by atoms with van der Waals surface area (Å²) < 4.78 is 6.77. The topological polar surface area (TPSA) is 63.3 Å². The Morgan fingerprint density at radius 1 is 1.06 bits per heavy atom. The normalized spacial score (nSPS) is 11.8. The standard InChI is InChI=1S/C25H20BrCl2NO3/c1-25(2,3)23(31)22-19(12-30)18-11-17(13-4-7-15(27)8-5-13)21(29-24(18)32-22)16-9-6-14(26)10-20(16)28/h4-11,30H,12H2,1-3H3. The average Bonchev–Trinajstić information content (AvgIpc) is 3.09. The zero-order valence-electron chi connectivity index (χ0n) is 17.7. The number of fused-ring (bicyclic) bond motifs is 1. The first-order chi connectivity index (χ1) is 15.1. The summed E-state index contributed by atoms with van der Waals surface area (Å²) in [5.41, 5.74) is 2.99. The van der Waals surface area contributed by atoms with Gasteiger partial charge in [-0.2, -0.15) is 0 Å². The Bertz CT molecular complexity index is 1340. The van der Waals surface area contributed by atoms with E-state index in [0.717, 1.165) is 15.6 Å². The monoisotopic (exact) mass is 531 g/mol. The van der Waals surface area contributed by atoms with E-state index in [4.69, 9.17) is 32.6 Å². The summed E-state index contributed by atoms with van der Waals surface area (Å²) in [6.45, 7) is 5.08. The van der Waals surface area contributed by atoms with Gasteiger partial charge in [0.2, 0.25) is 11.5 Å². The summed E-state index contributed by atoms with van der Waals surface area (Å²) >= 11 is 16.1. The van der Waals surface area contributed by atoms with Crippen molar-refractivity contribution in [2.45, 2.75) is 27.4 Å². The molecule has 0 bridgehead atoms. The van der Waals surface area contributed by atoms with Gasteiger partial charge in [-0.3, -0.25) is 4.79 Å². The minimum absolute atomic E-state index is 0.128. The van der Waals surface area contributed by atoms with Gasteiger partial charge in [-0.05, 0) is 35.9 Å². The van der Waals surface area contributed by atoms with Crippen molar-refractivity contribution >= 4 is 56.0 Å². The molecule has 0 spiro atoms. The smallest absolute Gasteiger partial charge is 0.227 e. The zero-order chi connectivity index (χ0) is 23.2. The van der Waals surface area contributed by atoms with Crippen LogP contribution >= 0.6 is 39.1 Å². The van der Waals surface area contributed by atoms with Crippen molar-refractivity contribution in [3.63, 3.8) is 0 Å². The number of carbonyl (C=O) groups is 1. The van der Waals surface area contributed by atoms with E-state index >= 15 is 0 Å². The first-order valence-corrected chi connectivity index (χ1v) is 11.5. The lowest BCUT2D eigenvalue weighted by molar-refractivity contribution is 0.0826. The number of aliphatic hydroxyl groups excluding tert-OH is 1. The molecule has 4 nitrogen and oxygen atoms in total. The molecule has 0 saturated carbocycles. The third-order valence-electron chi connectivity index (χ3n) is 5.17. The number of ketones is 1. The molecule has 2 aromatic carbocycles. The number of aromatic nitrogens is 1. The quantitative estimate of drug-likeness (QED) is 0.271. The predicted octanol–water partition coefficient (Wildman–Crippen LogP) is 7.95. The van der Waals surface area contributed by atoms with Crippen LogP contribution in [0, 0.1) is 5.41 Å². The largest absolute Gasteiger partial charge is 0.434 e. The molecule has 4 aromatic rings. The highest BCUT2D eigenvalue weighted by molar-refractivity contribution is 9.10. The van der Waals surface area contributed by atoms with Crippen LogP contribution in [0.4, 0.5) is 0 Å². The summed E-state index contributed by atoms with van der Waals surface area (Å²) in [5, 5.41) is 11.8. The Morgan fingerprint density at radius 2 is 1.75 bits per heavy atom. The van der Waals surface area contributed by atoms with Crippen LogP contribution in [0.2, 0.25) is 10.0 Å². The molecule has 0 aliphatic rings. The fraction of sp³-hybridized carbons (Fsp3) is 0.200. The number of furan rings is 1. The van der Waals surface area contributed by atoms with Crippen LogP contribution in [-0.4, -0.2) is 15.9 Å². The number of rotatable bonds is 4. The fourth-order valence-corrected chi connectivity index (χ4v) is 4.38. The van der Waals surface area contributed by atoms with Crippen molar-refractivity contribution in [3.8, 4) is 22.4 Å². The van der Waals surface area contributed by atoms with Crippen molar-refractivity contribution in [1.29, 1.82) is 0 Å². The minimum Gasteiger partial charge on any atom is -0.434 e. The highest BCUT2D eigenvalue weighted by Crippen LogP contribution is 2.40. The molecule has 0 saturated heterocycles. The number of hydrogen-bond acceptors (Lipinski definition) is 4. The van der Waals surface area contributed by atoms with Crippen molar-refractivity contribution in [2.75, 3.05) is 0 Å². The van der Waals surface area contributed by atoms with E-state index in [1.54, 1.807) is 18.2 Å². The Hall–Kier alpha value is -2.18. The number of hydrogen-bond donors (Lipinski definition) is 1. The van der Waals surface area contributed by atoms with Crippen LogP contribution in [0.3, 0.4) is 0 Å². The van der Waals surface area contributed by atoms with Crippen LogP contribution < -0.4 is 0 Å². The second-order valence-electron chi connectivity index (χ2n) is 8.52. The molecule has 0 unspecified atom stereocenters. The van der Waals surface area contributed by atoms with Gasteiger partial charge in [0.25, 0.3) is 0 Å². The predicted molar refractivity (Wildman–Crippen MR) is 132 cm³/mol. The Morgan fingerprint density at radius 3 is 2.34 bits per heavy atom. The number of benzene rings is 2. The Labute approximate surface area is 204 Å². The zero-order valence-corrected chi connectivity index (χ0v) is 20.8. The lowest BCUT2D eigenvalue weighted by atomic mass is 9.88. The molecular formula is C25H20BrCl2NO3. The molecule has 7 heteroatoms. The van der Waals surface area contributed by atoms with Crippen molar-refractivity contribution < 1.29 is 14.3 Å². The van der Waals surface area contributed by atoms with E-state index in [-0.39, 0.29) is 23.9 Å².